The largest absolute Gasteiger partial charge is 0.380 e. The van der Waals surface area contributed by atoms with Crippen LogP contribution in [0.5, 0.6) is 0 Å². The van der Waals surface area contributed by atoms with Gasteiger partial charge in [0.15, 0.2) is 0 Å². The molecule has 1 aliphatic rings. The molecule has 6 heteroatoms. The normalized spacial score (nSPS) is 16.4. The quantitative estimate of drug-likeness (QED) is 0.837. The van der Waals surface area contributed by atoms with Gasteiger partial charge in [0.2, 0.25) is 0 Å². The van der Waals surface area contributed by atoms with Crippen LogP contribution >= 0.6 is 11.6 Å². The van der Waals surface area contributed by atoms with E-state index >= 15 is 0 Å². The van der Waals surface area contributed by atoms with Gasteiger partial charge in [-0.2, -0.15) is 5.10 Å². The maximum atomic E-state index is 12.1. The second-order valence-corrected chi connectivity index (χ2v) is 6.31. The molecule has 1 aromatic heterocycles. The number of aromatic nitrogens is 2. The molecule has 0 saturated heterocycles. The van der Waals surface area contributed by atoms with Gasteiger partial charge in [-0.25, -0.2) is 4.68 Å². The van der Waals surface area contributed by atoms with Gasteiger partial charge in [0.05, 0.1) is 18.4 Å². The van der Waals surface area contributed by atoms with E-state index in [9.17, 15) is 4.79 Å². The van der Waals surface area contributed by atoms with E-state index in [4.69, 9.17) is 11.6 Å². The Morgan fingerprint density at radius 2 is 2.25 bits per heavy atom. The topological polar surface area (TPSA) is 50.2 Å². The molecule has 0 spiro atoms. The third kappa shape index (κ3) is 4.21. The van der Waals surface area contributed by atoms with Gasteiger partial charge < -0.3 is 10.2 Å². The standard InChI is InChI=1S/C14H23ClN4O/c1-10(8-11-4-5-11)17-12-9-16-19(7-6-18(2)3)14(20)13(12)15/h9-11,17H,4-8H2,1-3H3. The molecule has 1 N–H and O–H groups in total. The van der Waals surface area contributed by atoms with Crippen LogP contribution in [0.3, 0.4) is 0 Å². The molecular weight excluding hydrogens is 276 g/mol. The summed E-state index contributed by atoms with van der Waals surface area (Å²) < 4.78 is 1.42. The summed E-state index contributed by atoms with van der Waals surface area (Å²) in [7, 11) is 3.92. The summed E-state index contributed by atoms with van der Waals surface area (Å²) >= 11 is 6.16. The van der Waals surface area contributed by atoms with Crippen molar-refractivity contribution >= 4 is 17.3 Å². The van der Waals surface area contributed by atoms with Crippen LogP contribution in [0.1, 0.15) is 26.2 Å². The third-order valence-corrected chi connectivity index (χ3v) is 3.89. The van der Waals surface area contributed by atoms with Gasteiger partial charge in [-0.15, -0.1) is 0 Å². The summed E-state index contributed by atoms with van der Waals surface area (Å²) in [5.74, 6) is 0.838. The number of likely N-dealkylation sites (N-methyl/N-ethyl adjacent to an activating group) is 1. The van der Waals surface area contributed by atoms with Gasteiger partial charge in [-0.1, -0.05) is 24.4 Å². The molecule has 1 aromatic rings. The van der Waals surface area contributed by atoms with E-state index in [1.807, 2.05) is 19.0 Å². The highest BCUT2D eigenvalue weighted by atomic mass is 35.5. The van der Waals surface area contributed by atoms with Gasteiger partial charge in [-0.05, 0) is 33.4 Å². The Hall–Kier alpha value is -1.07. The molecular formula is C14H23ClN4O. The lowest BCUT2D eigenvalue weighted by atomic mass is 10.1. The lowest BCUT2D eigenvalue weighted by molar-refractivity contribution is 0.367. The number of hydrogen-bond donors (Lipinski definition) is 1. The number of anilines is 1. The second-order valence-electron chi connectivity index (χ2n) is 5.93. The van der Waals surface area contributed by atoms with Crippen LogP contribution in [0, 0.1) is 5.92 Å². The van der Waals surface area contributed by atoms with Gasteiger partial charge >= 0.3 is 0 Å². The zero-order valence-corrected chi connectivity index (χ0v) is 13.2. The first-order valence-electron chi connectivity index (χ1n) is 7.14. The van der Waals surface area contributed by atoms with E-state index in [0.717, 1.165) is 18.9 Å². The Labute approximate surface area is 124 Å². The molecule has 0 bridgehead atoms. The minimum absolute atomic E-state index is 0.225. The molecule has 0 amide bonds. The first kappa shape index (κ1) is 15.3. The molecule has 0 aromatic carbocycles. The predicted octanol–water partition coefficient (Wildman–Crippen LogP) is 2.06. The summed E-state index contributed by atoms with van der Waals surface area (Å²) in [6.45, 7) is 3.42. The van der Waals surface area contributed by atoms with Crippen LogP contribution in [0.4, 0.5) is 5.69 Å². The van der Waals surface area contributed by atoms with Crippen molar-refractivity contribution in [3.8, 4) is 0 Å². The van der Waals surface area contributed by atoms with Crippen LogP contribution < -0.4 is 10.9 Å². The Balaban J connectivity index is 2.03. The molecule has 1 atom stereocenters. The van der Waals surface area contributed by atoms with Gasteiger partial charge in [0.25, 0.3) is 5.56 Å². The van der Waals surface area contributed by atoms with Crippen LogP contribution in [-0.4, -0.2) is 41.4 Å². The highest BCUT2D eigenvalue weighted by molar-refractivity contribution is 6.32. The van der Waals surface area contributed by atoms with Crippen LogP contribution in [0.15, 0.2) is 11.0 Å². The number of nitrogens with zero attached hydrogens (tertiary/aromatic N) is 3. The Bertz CT molecular complexity index is 510. The summed E-state index contributed by atoms with van der Waals surface area (Å²) in [5.41, 5.74) is 0.419. The molecule has 1 unspecified atom stereocenters. The van der Waals surface area contributed by atoms with Gasteiger partial charge in [0, 0.05) is 12.6 Å². The monoisotopic (exact) mass is 298 g/mol. The van der Waals surface area contributed by atoms with Crippen LogP contribution in [-0.2, 0) is 6.54 Å². The molecule has 112 valence electrons. The number of nitrogens with one attached hydrogen (secondary N) is 1. The minimum Gasteiger partial charge on any atom is -0.380 e. The summed E-state index contributed by atoms with van der Waals surface area (Å²) in [6, 6.07) is 0.318. The summed E-state index contributed by atoms with van der Waals surface area (Å²) in [4.78, 5) is 14.1. The molecule has 1 fully saturated rings. The Morgan fingerprint density at radius 1 is 1.55 bits per heavy atom. The maximum absolute atomic E-state index is 12.1. The molecule has 0 radical (unpaired) electrons. The average Bonchev–Trinajstić information content (AvgIpc) is 3.17. The third-order valence-electron chi connectivity index (χ3n) is 3.53. The molecule has 1 saturated carbocycles. The molecule has 1 aliphatic carbocycles. The molecule has 5 nitrogen and oxygen atoms in total. The lowest BCUT2D eigenvalue weighted by Gasteiger charge is -2.16. The van der Waals surface area contributed by atoms with Crippen molar-refractivity contribution in [3.05, 3.63) is 21.6 Å². The van der Waals surface area contributed by atoms with E-state index in [1.54, 1.807) is 6.20 Å². The van der Waals surface area contributed by atoms with Crippen molar-refractivity contribution in [3.63, 3.8) is 0 Å². The van der Waals surface area contributed by atoms with E-state index in [0.29, 0.717) is 18.3 Å². The van der Waals surface area contributed by atoms with Crippen molar-refractivity contribution < 1.29 is 0 Å². The first-order valence-corrected chi connectivity index (χ1v) is 7.52. The van der Waals surface area contributed by atoms with E-state index in [1.165, 1.54) is 17.5 Å². The zero-order chi connectivity index (χ0) is 14.7. The lowest BCUT2D eigenvalue weighted by Crippen LogP contribution is -2.30. The fraction of sp³-hybridized carbons (Fsp3) is 0.714. The highest BCUT2D eigenvalue weighted by Crippen LogP contribution is 2.34. The molecule has 1 heterocycles. The molecule has 20 heavy (non-hydrogen) atoms. The fourth-order valence-electron chi connectivity index (χ4n) is 2.20. The predicted molar refractivity (Wildman–Crippen MR) is 82.5 cm³/mol. The van der Waals surface area contributed by atoms with E-state index in [2.05, 4.69) is 17.3 Å². The average molecular weight is 299 g/mol. The van der Waals surface area contributed by atoms with Gasteiger partial charge in [-0.3, -0.25) is 4.79 Å². The number of rotatable bonds is 7. The second kappa shape index (κ2) is 6.59. The molecule has 2 rings (SSSR count). The minimum atomic E-state index is -0.225. The maximum Gasteiger partial charge on any atom is 0.287 e. The van der Waals surface area contributed by atoms with Crippen molar-refractivity contribution in [1.29, 1.82) is 0 Å². The van der Waals surface area contributed by atoms with Crippen molar-refractivity contribution in [2.24, 2.45) is 5.92 Å². The van der Waals surface area contributed by atoms with E-state index < -0.39 is 0 Å². The number of halogens is 1. The fourth-order valence-corrected chi connectivity index (χ4v) is 2.40. The SMILES string of the molecule is CC(CC1CC1)Nc1cnn(CCN(C)C)c(=O)c1Cl. The van der Waals surface area contributed by atoms with Crippen molar-refractivity contribution in [2.45, 2.75) is 38.8 Å². The van der Waals surface area contributed by atoms with Crippen LogP contribution in [0.2, 0.25) is 5.02 Å². The molecule has 0 aliphatic heterocycles. The highest BCUT2D eigenvalue weighted by Gasteiger charge is 2.24. The van der Waals surface area contributed by atoms with Gasteiger partial charge in [0.1, 0.15) is 5.02 Å². The van der Waals surface area contributed by atoms with E-state index in [-0.39, 0.29) is 10.6 Å². The summed E-state index contributed by atoms with van der Waals surface area (Å²) in [5, 5.41) is 7.72. The summed E-state index contributed by atoms with van der Waals surface area (Å²) in [6.07, 6.45) is 5.43. The number of hydrogen-bond acceptors (Lipinski definition) is 4. The Kier molecular flexibility index (Phi) is 5.05. The zero-order valence-electron chi connectivity index (χ0n) is 12.4. The Morgan fingerprint density at radius 3 is 2.85 bits per heavy atom. The first-order chi connectivity index (χ1) is 9.47. The van der Waals surface area contributed by atoms with Crippen LogP contribution in [0.25, 0.3) is 0 Å². The van der Waals surface area contributed by atoms with Crippen molar-refractivity contribution in [2.75, 3.05) is 26.0 Å². The smallest absolute Gasteiger partial charge is 0.287 e. The van der Waals surface area contributed by atoms with Crippen molar-refractivity contribution in [1.82, 2.24) is 14.7 Å².